The number of nitrogens with zero attached hydrogens (tertiary/aromatic N) is 2. The van der Waals surface area contributed by atoms with Gasteiger partial charge in [-0.05, 0) is 24.6 Å². The van der Waals surface area contributed by atoms with Crippen LogP contribution in [0.5, 0.6) is 0 Å². The average molecular weight is 230 g/mol. The van der Waals surface area contributed by atoms with E-state index >= 15 is 0 Å². The Hall–Kier alpha value is -1.68. The molecule has 0 saturated heterocycles. The molecule has 0 amide bonds. The molecule has 1 aromatic carbocycles. The number of aromatic nitrogens is 3. The highest BCUT2D eigenvalue weighted by Gasteiger charge is 2.14. The highest BCUT2D eigenvalue weighted by atomic mass is 15.2. The number of rotatable bonds is 5. The van der Waals surface area contributed by atoms with Crippen LogP contribution in [-0.4, -0.2) is 22.2 Å². The van der Waals surface area contributed by atoms with Crippen LogP contribution in [0.4, 0.5) is 0 Å². The standard InChI is InChI=1S/C13H18N4/c1-3-5-10-6-4-7-11(8-10)12(14-2)13-15-9-16-17-13/h4,6-9,12,14H,3,5H2,1-2H3,(H,15,16,17). The molecule has 2 aromatic rings. The van der Waals surface area contributed by atoms with Gasteiger partial charge in [0.05, 0.1) is 6.04 Å². The Morgan fingerprint density at radius 3 is 2.94 bits per heavy atom. The Kier molecular flexibility index (Phi) is 3.88. The summed E-state index contributed by atoms with van der Waals surface area (Å²) >= 11 is 0. The predicted molar refractivity (Wildman–Crippen MR) is 67.7 cm³/mol. The second-order valence-corrected chi connectivity index (χ2v) is 4.09. The summed E-state index contributed by atoms with van der Waals surface area (Å²) in [5, 5.41) is 10.1. The van der Waals surface area contributed by atoms with Gasteiger partial charge in [0.15, 0.2) is 0 Å². The van der Waals surface area contributed by atoms with Crippen molar-refractivity contribution in [3.8, 4) is 0 Å². The molecule has 17 heavy (non-hydrogen) atoms. The summed E-state index contributed by atoms with van der Waals surface area (Å²) in [4.78, 5) is 4.21. The average Bonchev–Trinajstić information content (AvgIpc) is 2.85. The van der Waals surface area contributed by atoms with Crippen LogP contribution in [0.15, 0.2) is 30.6 Å². The molecule has 0 radical (unpaired) electrons. The predicted octanol–water partition coefficient (Wildman–Crippen LogP) is 2.07. The molecule has 0 aliphatic rings. The van der Waals surface area contributed by atoms with Gasteiger partial charge in [-0.1, -0.05) is 37.6 Å². The largest absolute Gasteiger partial charge is 0.307 e. The summed E-state index contributed by atoms with van der Waals surface area (Å²) in [6.45, 7) is 2.19. The summed E-state index contributed by atoms with van der Waals surface area (Å²) in [5.41, 5.74) is 2.58. The van der Waals surface area contributed by atoms with E-state index in [2.05, 4.69) is 51.7 Å². The van der Waals surface area contributed by atoms with Gasteiger partial charge in [-0.3, -0.25) is 5.10 Å². The summed E-state index contributed by atoms with van der Waals surface area (Å²) in [7, 11) is 1.93. The van der Waals surface area contributed by atoms with E-state index in [-0.39, 0.29) is 6.04 Å². The lowest BCUT2D eigenvalue weighted by Crippen LogP contribution is -2.19. The van der Waals surface area contributed by atoms with E-state index in [9.17, 15) is 0 Å². The van der Waals surface area contributed by atoms with Crippen molar-refractivity contribution in [1.82, 2.24) is 20.5 Å². The molecule has 0 saturated carbocycles. The van der Waals surface area contributed by atoms with Gasteiger partial charge >= 0.3 is 0 Å². The lowest BCUT2D eigenvalue weighted by molar-refractivity contribution is 0.648. The van der Waals surface area contributed by atoms with E-state index in [4.69, 9.17) is 0 Å². The number of benzene rings is 1. The second-order valence-electron chi connectivity index (χ2n) is 4.09. The third-order valence-corrected chi connectivity index (χ3v) is 2.82. The van der Waals surface area contributed by atoms with Crippen LogP contribution in [-0.2, 0) is 6.42 Å². The summed E-state index contributed by atoms with van der Waals surface area (Å²) in [6.07, 6.45) is 3.81. The molecule has 0 fully saturated rings. The minimum atomic E-state index is 0.0781. The summed E-state index contributed by atoms with van der Waals surface area (Å²) in [6, 6.07) is 8.69. The van der Waals surface area contributed by atoms with Gasteiger partial charge in [-0.15, -0.1) is 0 Å². The van der Waals surface area contributed by atoms with Gasteiger partial charge in [-0.2, -0.15) is 5.10 Å². The molecule has 2 N–H and O–H groups in total. The van der Waals surface area contributed by atoms with Crippen molar-refractivity contribution in [1.29, 1.82) is 0 Å². The van der Waals surface area contributed by atoms with Crippen molar-refractivity contribution in [2.24, 2.45) is 0 Å². The third-order valence-electron chi connectivity index (χ3n) is 2.82. The second kappa shape index (κ2) is 5.59. The maximum atomic E-state index is 4.21. The zero-order chi connectivity index (χ0) is 12.1. The fourth-order valence-corrected chi connectivity index (χ4v) is 2.03. The number of hydrogen-bond acceptors (Lipinski definition) is 3. The van der Waals surface area contributed by atoms with Crippen molar-refractivity contribution in [3.05, 3.63) is 47.5 Å². The van der Waals surface area contributed by atoms with E-state index in [1.165, 1.54) is 17.5 Å². The molecular formula is C13H18N4. The van der Waals surface area contributed by atoms with E-state index in [0.717, 1.165) is 18.7 Å². The zero-order valence-corrected chi connectivity index (χ0v) is 10.3. The molecule has 4 nitrogen and oxygen atoms in total. The monoisotopic (exact) mass is 230 g/mol. The number of aryl methyl sites for hydroxylation is 1. The first-order chi connectivity index (χ1) is 8.35. The highest BCUT2D eigenvalue weighted by Crippen LogP contribution is 2.19. The molecular weight excluding hydrogens is 212 g/mol. The Labute approximate surface area is 101 Å². The molecule has 90 valence electrons. The minimum absolute atomic E-state index is 0.0781. The molecule has 1 aromatic heterocycles. The van der Waals surface area contributed by atoms with Crippen molar-refractivity contribution >= 4 is 0 Å². The third kappa shape index (κ3) is 2.71. The number of nitrogens with one attached hydrogen (secondary N) is 2. The van der Waals surface area contributed by atoms with Gasteiger partial charge < -0.3 is 5.32 Å². The van der Waals surface area contributed by atoms with Crippen molar-refractivity contribution in [3.63, 3.8) is 0 Å². The lowest BCUT2D eigenvalue weighted by Gasteiger charge is -2.14. The van der Waals surface area contributed by atoms with E-state index in [0.29, 0.717) is 0 Å². The van der Waals surface area contributed by atoms with Gasteiger partial charge in [-0.25, -0.2) is 4.98 Å². The lowest BCUT2D eigenvalue weighted by atomic mass is 10.0. The molecule has 4 heteroatoms. The molecule has 0 spiro atoms. The maximum absolute atomic E-state index is 4.21. The summed E-state index contributed by atoms with van der Waals surface area (Å²) in [5.74, 6) is 0.848. The van der Waals surface area contributed by atoms with Gasteiger partial charge in [0, 0.05) is 0 Å². The molecule has 1 atom stereocenters. The van der Waals surface area contributed by atoms with Gasteiger partial charge in [0.25, 0.3) is 0 Å². The normalized spacial score (nSPS) is 12.6. The van der Waals surface area contributed by atoms with Crippen LogP contribution < -0.4 is 5.32 Å². The molecule has 0 aliphatic heterocycles. The van der Waals surface area contributed by atoms with Crippen molar-refractivity contribution in [2.75, 3.05) is 7.05 Å². The smallest absolute Gasteiger partial charge is 0.145 e. The van der Waals surface area contributed by atoms with E-state index < -0.39 is 0 Å². The Balaban J connectivity index is 2.28. The van der Waals surface area contributed by atoms with E-state index in [1.54, 1.807) is 0 Å². The zero-order valence-electron chi connectivity index (χ0n) is 10.3. The van der Waals surface area contributed by atoms with Crippen molar-refractivity contribution in [2.45, 2.75) is 25.8 Å². The topological polar surface area (TPSA) is 53.6 Å². The molecule has 0 bridgehead atoms. The highest BCUT2D eigenvalue weighted by molar-refractivity contribution is 5.29. The molecule has 2 rings (SSSR count). The van der Waals surface area contributed by atoms with Crippen LogP contribution in [0.2, 0.25) is 0 Å². The fraction of sp³-hybridized carbons (Fsp3) is 0.385. The number of aromatic amines is 1. The van der Waals surface area contributed by atoms with Crippen molar-refractivity contribution < 1.29 is 0 Å². The molecule has 0 aliphatic carbocycles. The fourth-order valence-electron chi connectivity index (χ4n) is 2.03. The summed E-state index contributed by atoms with van der Waals surface area (Å²) < 4.78 is 0. The van der Waals surface area contributed by atoms with Gasteiger partial charge in [0.1, 0.15) is 12.2 Å². The Bertz CT molecular complexity index is 450. The first-order valence-corrected chi connectivity index (χ1v) is 5.96. The number of hydrogen-bond donors (Lipinski definition) is 2. The quantitative estimate of drug-likeness (QED) is 0.826. The maximum Gasteiger partial charge on any atom is 0.145 e. The van der Waals surface area contributed by atoms with Crippen LogP contribution in [0.3, 0.4) is 0 Å². The first kappa shape index (κ1) is 11.8. The van der Waals surface area contributed by atoms with Crippen LogP contribution in [0, 0.1) is 0 Å². The van der Waals surface area contributed by atoms with Crippen LogP contribution >= 0.6 is 0 Å². The number of H-pyrrole nitrogens is 1. The van der Waals surface area contributed by atoms with Crippen LogP contribution in [0.1, 0.15) is 36.3 Å². The van der Waals surface area contributed by atoms with Gasteiger partial charge in [0.2, 0.25) is 0 Å². The van der Waals surface area contributed by atoms with Crippen LogP contribution in [0.25, 0.3) is 0 Å². The first-order valence-electron chi connectivity index (χ1n) is 5.96. The SMILES string of the molecule is CCCc1cccc(C(NC)c2ncn[nH]2)c1. The molecule has 1 heterocycles. The van der Waals surface area contributed by atoms with E-state index in [1.807, 2.05) is 7.05 Å². The molecule has 1 unspecified atom stereocenters. The Morgan fingerprint density at radius 2 is 2.29 bits per heavy atom. The minimum Gasteiger partial charge on any atom is -0.307 e. The Morgan fingerprint density at radius 1 is 1.41 bits per heavy atom.